The maximum absolute atomic E-state index is 12.5. The summed E-state index contributed by atoms with van der Waals surface area (Å²) in [4.78, 5) is 20.4. The van der Waals surface area contributed by atoms with E-state index >= 15 is 0 Å². The van der Waals surface area contributed by atoms with Crippen LogP contribution in [0.5, 0.6) is 5.75 Å². The highest BCUT2D eigenvalue weighted by molar-refractivity contribution is 7.80. The van der Waals surface area contributed by atoms with Crippen molar-refractivity contribution in [2.45, 2.75) is 20.0 Å². The van der Waals surface area contributed by atoms with Gasteiger partial charge in [-0.3, -0.25) is 10.1 Å². The van der Waals surface area contributed by atoms with Crippen LogP contribution in [-0.2, 0) is 4.79 Å². The van der Waals surface area contributed by atoms with Crippen LogP contribution in [-0.4, -0.2) is 27.1 Å². The van der Waals surface area contributed by atoms with Gasteiger partial charge in [0.1, 0.15) is 11.6 Å². The number of benzene rings is 3. The zero-order chi connectivity index (χ0) is 24.4. The molecule has 0 aliphatic rings. The average molecular weight is 534 g/mol. The molecule has 0 bridgehead atoms. The van der Waals surface area contributed by atoms with E-state index in [-0.39, 0.29) is 5.11 Å². The smallest absolute Gasteiger partial charge is 0.266 e. The quantitative estimate of drug-likeness (QED) is 0.246. The number of nitrogens with one attached hydrogen (secondary N) is 3. The van der Waals surface area contributed by atoms with Crippen molar-refractivity contribution in [3.63, 3.8) is 0 Å². The number of thiocarbonyl (C=S) groups is 1. The second-order valence-corrected chi connectivity index (χ2v) is 9.22. The molecule has 0 radical (unpaired) electrons. The van der Waals surface area contributed by atoms with E-state index in [1.165, 1.54) is 0 Å². The number of hydrogen-bond donors (Lipinski definition) is 3. The molecule has 1 heterocycles. The van der Waals surface area contributed by atoms with Crippen molar-refractivity contribution in [2.24, 2.45) is 0 Å². The standard InChI is InChI=1S/C24H19Cl3N4O2S/c1-12-8-19-20(11-17(12)26)30-22(29-19)14-4-3-5-16(9-14)28-24(34)31-23(32)13(2)33-21-7-6-15(25)10-18(21)27/h3-11,13H,1-2H3,(H,29,30)(H2,28,31,32,34). The molecule has 4 rings (SSSR count). The summed E-state index contributed by atoms with van der Waals surface area (Å²) in [6, 6.07) is 16.1. The van der Waals surface area contributed by atoms with Gasteiger partial charge in [-0.25, -0.2) is 4.98 Å². The molecule has 1 atom stereocenters. The molecular formula is C24H19Cl3N4O2S. The Labute approximate surface area is 216 Å². The van der Waals surface area contributed by atoms with Crippen LogP contribution in [0, 0.1) is 6.92 Å². The summed E-state index contributed by atoms with van der Waals surface area (Å²) in [6.07, 6.45) is -0.837. The van der Waals surface area contributed by atoms with Crippen molar-refractivity contribution in [1.29, 1.82) is 0 Å². The lowest BCUT2D eigenvalue weighted by atomic mass is 10.2. The summed E-state index contributed by atoms with van der Waals surface area (Å²) in [5.74, 6) is 0.615. The lowest BCUT2D eigenvalue weighted by Crippen LogP contribution is -2.42. The van der Waals surface area contributed by atoms with Crippen LogP contribution >= 0.6 is 47.0 Å². The molecule has 0 aliphatic heterocycles. The topological polar surface area (TPSA) is 79.0 Å². The lowest BCUT2D eigenvalue weighted by Gasteiger charge is -2.16. The third-order valence-corrected chi connectivity index (χ3v) is 6.10. The van der Waals surface area contributed by atoms with E-state index in [2.05, 4.69) is 20.6 Å². The Morgan fingerprint density at radius 2 is 1.88 bits per heavy atom. The Kier molecular flexibility index (Phi) is 7.28. The van der Waals surface area contributed by atoms with Crippen LogP contribution in [0.15, 0.2) is 54.6 Å². The molecule has 0 fully saturated rings. The highest BCUT2D eigenvalue weighted by Crippen LogP contribution is 2.29. The summed E-state index contributed by atoms with van der Waals surface area (Å²) >= 11 is 23.5. The summed E-state index contributed by atoms with van der Waals surface area (Å²) < 4.78 is 5.62. The van der Waals surface area contributed by atoms with Gasteiger partial charge >= 0.3 is 0 Å². The first-order valence-corrected chi connectivity index (χ1v) is 11.7. The molecule has 1 amide bonds. The fourth-order valence-electron chi connectivity index (χ4n) is 3.21. The van der Waals surface area contributed by atoms with E-state index in [9.17, 15) is 4.79 Å². The highest BCUT2D eigenvalue weighted by atomic mass is 35.5. The number of carbonyl (C=O) groups excluding carboxylic acids is 1. The Bertz CT molecular complexity index is 1370. The van der Waals surface area contributed by atoms with Crippen molar-refractivity contribution in [3.8, 4) is 17.1 Å². The van der Waals surface area contributed by atoms with Crippen molar-refractivity contribution in [2.75, 3.05) is 5.32 Å². The minimum Gasteiger partial charge on any atom is -0.479 e. The van der Waals surface area contributed by atoms with Gasteiger partial charge in [0.05, 0.1) is 16.1 Å². The van der Waals surface area contributed by atoms with E-state index in [0.717, 1.165) is 22.2 Å². The summed E-state index contributed by atoms with van der Waals surface area (Å²) in [7, 11) is 0. The number of aromatic nitrogens is 2. The minimum absolute atomic E-state index is 0.131. The van der Waals surface area contributed by atoms with Gasteiger partial charge in [-0.1, -0.05) is 46.9 Å². The maximum atomic E-state index is 12.5. The van der Waals surface area contributed by atoms with Gasteiger partial charge in [0.25, 0.3) is 5.91 Å². The highest BCUT2D eigenvalue weighted by Gasteiger charge is 2.18. The molecule has 1 unspecified atom stereocenters. The number of anilines is 1. The third-order valence-electron chi connectivity index (χ3n) is 4.96. The molecular weight excluding hydrogens is 515 g/mol. The van der Waals surface area contributed by atoms with Crippen LogP contribution in [0.4, 0.5) is 5.69 Å². The Balaban J connectivity index is 1.41. The number of aryl methyl sites for hydroxylation is 1. The van der Waals surface area contributed by atoms with E-state index in [1.54, 1.807) is 25.1 Å². The van der Waals surface area contributed by atoms with Crippen molar-refractivity contribution >= 4 is 74.8 Å². The van der Waals surface area contributed by atoms with E-state index < -0.39 is 12.0 Å². The number of fused-ring (bicyclic) bond motifs is 1. The molecule has 3 aromatic carbocycles. The van der Waals surface area contributed by atoms with E-state index in [0.29, 0.717) is 32.3 Å². The van der Waals surface area contributed by atoms with Crippen molar-refractivity contribution < 1.29 is 9.53 Å². The second-order valence-electron chi connectivity index (χ2n) is 7.56. The predicted octanol–water partition coefficient (Wildman–Crippen LogP) is 6.78. The molecule has 10 heteroatoms. The number of carbonyl (C=O) groups is 1. The summed E-state index contributed by atoms with van der Waals surface area (Å²) in [5, 5.41) is 7.22. The Morgan fingerprint density at radius 3 is 2.65 bits per heavy atom. The number of hydrogen-bond acceptors (Lipinski definition) is 4. The minimum atomic E-state index is -0.837. The van der Waals surface area contributed by atoms with Crippen LogP contribution < -0.4 is 15.4 Å². The van der Waals surface area contributed by atoms with Crippen LogP contribution in [0.3, 0.4) is 0 Å². The molecule has 0 saturated heterocycles. The van der Waals surface area contributed by atoms with Crippen LogP contribution in [0.1, 0.15) is 12.5 Å². The molecule has 3 N–H and O–H groups in total. The number of rotatable bonds is 5. The first kappa shape index (κ1) is 24.3. The van der Waals surface area contributed by atoms with Crippen LogP contribution in [0.25, 0.3) is 22.4 Å². The van der Waals surface area contributed by atoms with Crippen molar-refractivity contribution in [3.05, 3.63) is 75.2 Å². The first-order chi connectivity index (χ1) is 16.2. The molecule has 4 aromatic rings. The number of imidazole rings is 1. The fourth-order valence-corrected chi connectivity index (χ4v) is 4.04. The third kappa shape index (κ3) is 5.62. The van der Waals surface area contributed by atoms with Crippen molar-refractivity contribution in [1.82, 2.24) is 15.3 Å². The SMILES string of the molecule is Cc1cc2[nH]c(-c3cccc(NC(=S)NC(=O)C(C)Oc4ccc(Cl)cc4Cl)c3)nc2cc1Cl. The molecule has 0 saturated carbocycles. The Morgan fingerprint density at radius 1 is 1.09 bits per heavy atom. The normalized spacial score (nSPS) is 11.8. The number of ether oxygens (including phenoxy) is 1. The Hall–Kier alpha value is -2.84. The summed E-state index contributed by atoms with van der Waals surface area (Å²) in [6.45, 7) is 3.54. The molecule has 1 aromatic heterocycles. The average Bonchev–Trinajstić information content (AvgIpc) is 3.18. The maximum Gasteiger partial charge on any atom is 0.266 e. The van der Waals surface area contributed by atoms with Gasteiger partial charge in [-0.15, -0.1) is 0 Å². The zero-order valence-electron chi connectivity index (χ0n) is 18.1. The first-order valence-electron chi connectivity index (χ1n) is 10.2. The summed E-state index contributed by atoms with van der Waals surface area (Å²) in [5.41, 5.74) is 4.18. The van der Waals surface area contributed by atoms with Gasteiger partial charge in [0.15, 0.2) is 11.2 Å². The number of H-pyrrole nitrogens is 1. The van der Waals surface area contributed by atoms with Gasteiger partial charge in [-0.2, -0.15) is 0 Å². The zero-order valence-corrected chi connectivity index (χ0v) is 21.2. The number of amides is 1. The molecule has 0 aliphatic carbocycles. The largest absolute Gasteiger partial charge is 0.479 e. The van der Waals surface area contributed by atoms with Crippen LogP contribution in [0.2, 0.25) is 15.1 Å². The lowest BCUT2D eigenvalue weighted by molar-refractivity contribution is -0.125. The van der Waals surface area contributed by atoms with E-state index in [4.69, 9.17) is 51.8 Å². The van der Waals surface area contributed by atoms with Gasteiger partial charge in [0.2, 0.25) is 0 Å². The fraction of sp³-hybridized carbons (Fsp3) is 0.125. The van der Waals surface area contributed by atoms with Gasteiger partial charge in [-0.05, 0) is 74.1 Å². The number of halogens is 3. The predicted molar refractivity (Wildman–Crippen MR) is 142 cm³/mol. The molecule has 6 nitrogen and oxygen atoms in total. The molecule has 174 valence electrons. The molecule has 34 heavy (non-hydrogen) atoms. The number of aromatic amines is 1. The van der Waals surface area contributed by atoms with Gasteiger partial charge in [0, 0.05) is 21.3 Å². The van der Waals surface area contributed by atoms with Gasteiger partial charge < -0.3 is 15.0 Å². The monoisotopic (exact) mass is 532 g/mol. The molecule has 0 spiro atoms. The number of nitrogens with zero attached hydrogens (tertiary/aromatic N) is 1. The second kappa shape index (κ2) is 10.2. The van der Waals surface area contributed by atoms with E-state index in [1.807, 2.05) is 43.3 Å².